The molecule has 1 aromatic carbocycles. The predicted octanol–water partition coefficient (Wildman–Crippen LogP) is 3.68. The third-order valence-corrected chi connectivity index (χ3v) is 4.72. The quantitative estimate of drug-likeness (QED) is 0.615. The van der Waals surface area contributed by atoms with E-state index in [1.165, 1.54) is 10.6 Å². The van der Waals surface area contributed by atoms with Crippen LogP contribution in [0.4, 0.5) is 5.69 Å². The second kappa shape index (κ2) is 6.33. The SMILES string of the molecule is O=C(Nc1ccccc1-c1cccs1)c1cnc2ccccn2c1=O. The van der Waals surface area contributed by atoms with Crippen molar-refractivity contribution in [1.29, 1.82) is 0 Å². The summed E-state index contributed by atoms with van der Waals surface area (Å²) in [4.78, 5) is 30.4. The maximum atomic E-state index is 12.6. The third kappa shape index (κ3) is 2.83. The highest BCUT2D eigenvalue weighted by molar-refractivity contribution is 7.13. The van der Waals surface area contributed by atoms with Crippen LogP contribution in [0, 0.1) is 0 Å². The lowest BCUT2D eigenvalue weighted by Gasteiger charge is -2.10. The average Bonchev–Trinajstić information content (AvgIpc) is 3.17. The van der Waals surface area contributed by atoms with Gasteiger partial charge in [-0.2, -0.15) is 0 Å². The first kappa shape index (κ1) is 15.3. The normalized spacial score (nSPS) is 10.7. The van der Waals surface area contributed by atoms with Crippen molar-refractivity contribution < 1.29 is 4.79 Å². The number of amides is 1. The van der Waals surface area contributed by atoms with Gasteiger partial charge in [0.05, 0.1) is 0 Å². The minimum Gasteiger partial charge on any atom is -0.321 e. The molecule has 4 aromatic rings. The van der Waals surface area contributed by atoms with E-state index in [1.54, 1.807) is 35.7 Å². The van der Waals surface area contributed by atoms with Gasteiger partial charge < -0.3 is 5.32 Å². The number of aromatic nitrogens is 2. The van der Waals surface area contributed by atoms with Gasteiger partial charge in [-0.1, -0.05) is 30.3 Å². The number of carbonyl (C=O) groups excluding carboxylic acids is 1. The van der Waals surface area contributed by atoms with Crippen LogP contribution in [0.15, 0.2) is 77.2 Å². The lowest BCUT2D eigenvalue weighted by Crippen LogP contribution is -2.26. The van der Waals surface area contributed by atoms with Crippen LogP contribution >= 0.6 is 11.3 Å². The van der Waals surface area contributed by atoms with Crippen LogP contribution in [0.3, 0.4) is 0 Å². The molecule has 4 rings (SSSR count). The number of thiophene rings is 1. The van der Waals surface area contributed by atoms with Gasteiger partial charge >= 0.3 is 0 Å². The summed E-state index contributed by atoms with van der Waals surface area (Å²) in [5, 5.41) is 4.81. The van der Waals surface area contributed by atoms with E-state index in [-0.39, 0.29) is 5.56 Å². The number of fused-ring (bicyclic) bond motifs is 1. The van der Waals surface area contributed by atoms with E-state index in [4.69, 9.17) is 0 Å². The summed E-state index contributed by atoms with van der Waals surface area (Å²) in [5.74, 6) is -0.472. The number of nitrogens with zero attached hydrogens (tertiary/aromatic N) is 2. The van der Waals surface area contributed by atoms with Crippen LogP contribution in [-0.4, -0.2) is 15.3 Å². The smallest absolute Gasteiger partial charge is 0.270 e. The summed E-state index contributed by atoms with van der Waals surface area (Å²) in [7, 11) is 0. The molecule has 0 saturated heterocycles. The van der Waals surface area contributed by atoms with Crippen LogP contribution in [0.5, 0.6) is 0 Å². The van der Waals surface area contributed by atoms with Crippen molar-refractivity contribution in [3.8, 4) is 10.4 Å². The molecule has 0 saturated carbocycles. The predicted molar refractivity (Wildman–Crippen MR) is 99.2 cm³/mol. The van der Waals surface area contributed by atoms with E-state index >= 15 is 0 Å². The van der Waals surface area contributed by atoms with Gasteiger partial charge in [-0.15, -0.1) is 11.3 Å². The Kier molecular flexibility index (Phi) is 3.87. The van der Waals surface area contributed by atoms with Crippen molar-refractivity contribution in [3.05, 3.63) is 88.3 Å². The Morgan fingerprint density at radius 1 is 1.04 bits per heavy atom. The molecule has 0 radical (unpaired) electrons. The molecule has 0 aliphatic heterocycles. The van der Waals surface area contributed by atoms with Gasteiger partial charge in [0.15, 0.2) is 0 Å². The zero-order valence-corrected chi connectivity index (χ0v) is 13.9. The molecule has 6 heteroatoms. The summed E-state index contributed by atoms with van der Waals surface area (Å²) in [6.07, 6.45) is 2.92. The molecule has 122 valence electrons. The van der Waals surface area contributed by atoms with Crippen molar-refractivity contribution in [2.24, 2.45) is 0 Å². The Bertz CT molecular complexity index is 1120. The van der Waals surface area contributed by atoms with E-state index in [0.717, 1.165) is 10.4 Å². The fourth-order valence-electron chi connectivity index (χ4n) is 2.61. The number of para-hydroxylation sites is 1. The highest BCUT2D eigenvalue weighted by Crippen LogP contribution is 2.31. The summed E-state index contributed by atoms with van der Waals surface area (Å²) < 4.78 is 1.36. The van der Waals surface area contributed by atoms with Crippen LogP contribution < -0.4 is 10.9 Å². The van der Waals surface area contributed by atoms with E-state index in [2.05, 4.69) is 10.3 Å². The largest absolute Gasteiger partial charge is 0.321 e. The molecule has 0 aliphatic carbocycles. The standard InChI is InChI=1S/C19H13N3O2S/c23-18(14-12-20-17-9-3-4-10-22(17)19(14)24)21-15-7-2-1-6-13(15)16-8-5-11-25-16/h1-12H,(H,21,23). The van der Waals surface area contributed by atoms with Crippen molar-refractivity contribution in [1.82, 2.24) is 9.38 Å². The minimum atomic E-state index is -0.472. The van der Waals surface area contributed by atoms with Gasteiger partial charge in [0.1, 0.15) is 11.2 Å². The number of hydrogen-bond acceptors (Lipinski definition) is 4. The number of anilines is 1. The molecular weight excluding hydrogens is 334 g/mol. The summed E-state index contributed by atoms with van der Waals surface area (Å²) in [5.41, 5.74) is 1.69. The molecule has 3 heterocycles. The third-order valence-electron chi connectivity index (χ3n) is 3.82. The molecule has 5 nitrogen and oxygen atoms in total. The maximum Gasteiger partial charge on any atom is 0.270 e. The Morgan fingerprint density at radius 2 is 1.88 bits per heavy atom. The highest BCUT2D eigenvalue weighted by atomic mass is 32.1. The molecule has 0 atom stereocenters. The zero-order chi connectivity index (χ0) is 17.2. The van der Waals surface area contributed by atoms with Crippen molar-refractivity contribution in [3.63, 3.8) is 0 Å². The monoisotopic (exact) mass is 347 g/mol. The van der Waals surface area contributed by atoms with Crippen LogP contribution in [0.25, 0.3) is 16.1 Å². The molecule has 0 spiro atoms. The van der Waals surface area contributed by atoms with E-state index in [9.17, 15) is 9.59 Å². The fraction of sp³-hybridized carbons (Fsp3) is 0. The minimum absolute atomic E-state index is 0.00434. The summed E-state index contributed by atoms with van der Waals surface area (Å²) in [6, 6.07) is 16.7. The number of benzene rings is 1. The molecular formula is C19H13N3O2S. The van der Waals surface area contributed by atoms with Crippen LogP contribution in [0.1, 0.15) is 10.4 Å². The molecule has 1 amide bonds. The first-order valence-corrected chi connectivity index (χ1v) is 8.52. The maximum absolute atomic E-state index is 12.6. The van der Waals surface area contributed by atoms with Gasteiger partial charge in [-0.3, -0.25) is 14.0 Å². The Morgan fingerprint density at radius 3 is 2.72 bits per heavy atom. The van der Waals surface area contributed by atoms with Gasteiger partial charge in [-0.25, -0.2) is 4.98 Å². The molecule has 1 N–H and O–H groups in total. The topological polar surface area (TPSA) is 63.5 Å². The highest BCUT2D eigenvalue weighted by Gasteiger charge is 2.15. The van der Waals surface area contributed by atoms with E-state index in [0.29, 0.717) is 11.3 Å². The van der Waals surface area contributed by atoms with Gasteiger partial charge in [0.2, 0.25) is 0 Å². The van der Waals surface area contributed by atoms with Crippen molar-refractivity contribution in [2.45, 2.75) is 0 Å². The van der Waals surface area contributed by atoms with Crippen molar-refractivity contribution in [2.75, 3.05) is 5.32 Å². The molecule has 25 heavy (non-hydrogen) atoms. The van der Waals surface area contributed by atoms with Gasteiger partial charge in [0.25, 0.3) is 11.5 Å². The Balaban J connectivity index is 1.72. The van der Waals surface area contributed by atoms with E-state index < -0.39 is 11.5 Å². The summed E-state index contributed by atoms with van der Waals surface area (Å²) >= 11 is 1.59. The Hall–Kier alpha value is -3.25. The average molecular weight is 347 g/mol. The molecule has 0 fully saturated rings. The van der Waals surface area contributed by atoms with E-state index in [1.807, 2.05) is 41.8 Å². The first-order valence-electron chi connectivity index (χ1n) is 7.65. The Labute approximate surface area is 147 Å². The second-order valence-corrected chi connectivity index (χ2v) is 6.33. The number of rotatable bonds is 3. The van der Waals surface area contributed by atoms with Crippen LogP contribution in [-0.2, 0) is 0 Å². The number of carbonyl (C=O) groups is 1. The number of hydrogen-bond donors (Lipinski definition) is 1. The first-order chi connectivity index (χ1) is 12.2. The second-order valence-electron chi connectivity index (χ2n) is 5.38. The van der Waals surface area contributed by atoms with Gasteiger partial charge in [0, 0.05) is 28.5 Å². The number of pyridine rings is 1. The van der Waals surface area contributed by atoms with Crippen molar-refractivity contribution >= 4 is 28.6 Å². The molecule has 0 aliphatic rings. The lowest BCUT2D eigenvalue weighted by molar-refractivity contribution is 0.102. The fourth-order valence-corrected chi connectivity index (χ4v) is 3.38. The molecule has 0 bridgehead atoms. The zero-order valence-electron chi connectivity index (χ0n) is 13.0. The molecule has 3 aromatic heterocycles. The summed E-state index contributed by atoms with van der Waals surface area (Å²) in [6.45, 7) is 0. The number of nitrogens with one attached hydrogen (secondary N) is 1. The van der Waals surface area contributed by atoms with Gasteiger partial charge in [-0.05, 0) is 29.6 Å². The van der Waals surface area contributed by atoms with Crippen LogP contribution in [0.2, 0.25) is 0 Å². The molecule has 0 unspecified atom stereocenters. The lowest BCUT2D eigenvalue weighted by atomic mass is 10.1.